The molecule has 0 radical (unpaired) electrons. The molecular weight excluding hydrogens is 335 g/mol. The first-order valence-electron chi connectivity index (χ1n) is 6.43. The molecule has 0 heterocycles. The third kappa shape index (κ3) is 2.57. The van der Waals surface area contributed by atoms with E-state index in [1.807, 2.05) is 6.56 Å². The maximum atomic E-state index is 2.55. The maximum absolute atomic E-state index is 2.55. The smallest absolute Gasteiger partial charge is 0.147 e. The largest absolute Gasteiger partial charge is 1.00 e. The Morgan fingerprint density at radius 1 is 1.06 bits per heavy atom. The Labute approximate surface area is 123 Å². The van der Waals surface area contributed by atoms with Crippen LogP contribution >= 0.6 is 12.4 Å². The van der Waals surface area contributed by atoms with Crippen molar-refractivity contribution in [2.45, 2.75) is 39.8 Å². The van der Waals surface area contributed by atoms with Crippen LogP contribution in [0.2, 0.25) is 13.1 Å². The van der Waals surface area contributed by atoms with Crippen molar-refractivity contribution < 1.29 is 19.8 Å². The first-order chi connectivity index (χ1) is 8.10. The molecule has 0 fully saturated rings. The Morgan fingerprint density at radius 2 is 1.50 bits per heavy atom. The summed E-state index contributed by atoms with van der Waals surface area (Å²) in [5, 5.41) is 0. The van der Waals surface area contributed by atoms with Gasteiger partial charge in [0.15, 0.2) is 0 Å². The molecule has 0 spiro atoms. The number of halogens is 1. The van der Waals surface area contributed by atoms with Gasteiger partial charge >= 0.3 is 110 Å². The van der Waals surface area contributed by atoms with E-state index in [0.29, 0.717) is 0 Å². The fourth-order valence-corrected chi connectivity index (χ4v) is 32.7. The van der Waals surface area contributed by atoms with E-state index in [1.165, 1.54) is 12.8 Å². The van der Waals surface area contributed by atoms with Gasteiger partial charge in [0.1, 0.15) is 0 Å². The van der Waals surface area contributed by atoms with Gasteiger partial charge in [-0.1, -0.05) is 0 Å². The molecule has 2 aliphatic carbocycles. The zero-order chi connectivity index (χ0) is 12.5. The van der Waals surface area contributed by atoms with Crippen molar-refractivity contribution in [1.29, 1.82) is 0 Å². The summed E-state index contributed by atoms with van der Waals surface area (Å²) in [5.41, 5.74) is -0.241. The van der Waals surface area contributed by atoms with Crippen molar-refractivity contribution in [1.82, 2.24) is 0 Å². The molecular formula is C15H24ClSiZr-. The Kier molecular flexibility index (Phi) is 5.96. The summed E-state index contributed by atoms with van der Waals surface area (Å²) >= 11 is -2.36. The molecule has 0 saturated heterocycles. The van der Waals surface area contributed by atoms with E-state index in [2.05, 4.69) is 63.4 Å². The Morgan fingerprint density at radius 3 is 1.72 bits per heavy atom. The molecule has 3 heteroatoms. The molecule has 0 unspecified atom stereocenters. The molecule has 18 heavy (non-hydrogen) atoms. The predicted molar refractivity (Wildman–Crippen MR) is 85.9 cm³/mol. The summed E-state index contributed by atoms with van der Waals surface area (Å²) in [6, 6.07) is 0. The van der Waals surface area contributed by atoms with Crippen LogP contribution < -0.4 is 0 Å². The van der Waals surface area contributed by atoms with E-state index in [-0.39, 0.29) is 19.3 Å². The van der Waals surface area contributed by atoms with Crippen LogP contribution in [0.3, 0.4) is 0 Å². The summed E-state index contributed by atoms with van der Waals surface area (Å²) < 4.78 is 5.43. The second-order valence-electron chi connectivity index (χ2n) is 5.40. The van der Waals surface area contributed by atoms with Crippen molar-refractivity contribution >= 4 is 21.0 Å². The van der Waals surface area contributed by atoms with Gasteiger partial charge in [-0.05, 0) is 0 Å². The van der Waals surface area contributed by atoms with E-state index >= 15 is 0 Å². The summed E-state index contributed by atoms with van der Waals surface area (Å²) in [7, 11) is 0. The fourth-order valence-electron chi connectivity index (χ4n) is 3.44. The average molecular weight is 359 g/mol. The molecule has 0 amide bonds. The Bertz CT molecular complexity index is 521. The number of hydrogen-bond acceptors (Lipinski definition) is 0. The van der Waals surface area contributed by atoms with Crippen LogP contribution in [0.1, 0.15) is 28.1 Å². The second-order valence-corrected chi connectivity index (χ2v) is 28.5. The summed E-state index contributed by atoms with van der Waals surface area (Å²) in [6.07, 6.45) is 16.6. The summed E-state index contributed by atoms with van der Waals surface area (Å²) in [6.45, 7) is 9.91. The minimum Gasteiger partial charge on any atom is -1.00 e. The van der Waals surface area contributed by atoms with Crippen LogP contribution in [-0.2, 0) is 18.4 Å². The SMILES string of the molecule is C[C](C)=[Zr]([C]1=CC=CC1)([C]1=CC=CC1)=[Si](C)C.Cl.[H-]. The van der Waals surface area contributed by atoms with Gasteiger partial charge < -0.3 is 1.43 Å². The normalized spacial score (nSPS) is 16.4. The van der Waals surface area contributed by atoms with Crippen LogP contribution in [0.5, 0.6) is 0 Å². The molecule has 0 aliphatic heterocycles. The van der Waals surface area contributed by atoms with Gasteiger partial charge in [0.25, 0.3) is 0 Å². The third-order valence-corrected chi connectivity index (χ3v) is 33.6. The average Bonchev–Trinajstić information content (AvgIpc) is 2.88. The van der Waals surface area contributed by atoms with Crippen molar-refractivity contribution in [2.24, 2.45) is 0 Å². The molecule has 0 N–H and O–H groups in total. The van der Waals surface area contributed by atoms with Gasteiger partial charge in [-0.15, -0.1) is 12.4 Å². The Hall–Kier alpha value is 0.220. The molecule has 0 saturated carbocycles. The van der Waals surface area contributed by atoms with E-state index in [0.717, 1.165) is 0 Å². The van der Waals surface area contributed by atoms with E-state index in [4.69, 9.17) is 0 Å². The molecule has 0 atom stereocenters. The zero-order valence-electron chi connectivity index (χ0n) is 12.8. The first kappa shape index (κ1) is 16.3. The van der Waals surface area contributed by atoms with E-state index in [1.54, 1.807) is 3.21 Å². The van der Waals surface area contributed by atoms with Gasteiger partial charge in [0.2, 0.25) is 0 Å². The van der Waals surface area contributed by atoms with Crippen molar-refractivity contribution in [2.75, 3.05) is 0 Å². The maximum Gasteiger partial charge on any atom is -0.147 e. The molecule has 0 nitrogen and oxygen atoms in total. The van der Waals surface area contributed by atoms with Crippen molar-refractivity contribution in [3.63, 3.8) is 0 Å². The Balaban J connectivity index is 0.00000162. The standard InChI is InChI=1S/2C5H5.C3H6.C2H6Si.ClH.Zr.H/c2*1-2-4-5-3-1;2*1-3-2;;;/h2*1-3H,4H2;2*1-2H3;1H;;/q;;;;;;-1. The van der Waals surface area contributed by atoms with Crippen LogP contribution in [0.4, 0.5) is 0 Å². The summed E-state index contributed by atoms with van der Waals surface area (Å²) in [5.74, 6) is 0. The monoisotopic (exact) mass is 357 g/mol. The first-order valence-corrected chi connectivity index (χ1v) is 16.3. The van der Waals surface area contributed by atoms with Crippen molar-refractivity contribution in [3.05, 3.63) is 43.0 Å². The molecule has 2 rings (SSSR count). The van der Waals surface area contributed by atoms with Crippen LogP contribution in [-0.4, -0.2) is 8.64 Å². The van der Waals surface area contributed by atoms with Gasteiger partial charge in [-0.25, -0.2) is 0 Å². The minimum atomic E-state index is -2.36. The molecule has 100 valence electrons. The van der Waals surface area contributed by atoms with Crippen LogP contribution in [0, 0.1) is 0 Å². The zero-order valence-corrected chi connectivity index (χ0v) is 16.1. The topological polar surface area (TPSA) is 0 Å². The number of allylic oxidation sites excluding steroid dienone is 8. The van der Waals surface area contributed by atoms with Crippen LogP contribution in [0.25, 0.3) is 0 Å². The quantitative estimate of drug-likeness (QED) is 0.620. The van der Waals surface area contributed by atoms with Gasteiger partial charge in [-0.3, -0.25) is 0 Å². The van der Waals surface area contributed by atoms with Gasteiger partial charge in [0, 0.05) is 0 Å². The molecule has 0 aromatic rings. The third-order valence-electron chi connectivity index (χ3n) is 4.01. The minimum absolute atomic E-state index is 0. The number of hydrogen-bond donors (Lipinski definition) is 0. The fraction of sp³-hybridized carbons (Fsp3) is 0.400. The number of rotatable bonds is 2. The van der Waals surface area contributed by atoms with E-state index < -0.39 is 18.4 Å². The van der Waals surface area contributed by atoms with Crippen molar-refractivity contribution in [3.8, 4) is 0 Å². The van der Waals surface area contributed by atoms with Crippen LogP contribution in [0.15, 0.2) is 43.0 Å². The van der Waals surface area contributed by atoms with Gasteiger partial charge in [-0.2, -0.15) is 0 Å². The molecule has 0 bridgehead atoms. The molecule has 2 aliphatic rings. The second kappa shape index (κ2) is 6.59. The summed E-state index contributed by atoms with van der Waals surface area (Å²) in [4.78, 5) is 0. The molecule has 0 aromatic heterocycles. The van der Waals surface area contributed by atoms with E-state index in [9.17, 15) is 0 Å². The molecule has 0 aromatic carbocycles. The predicted octanol–water partition coefficient (Wildman–Crippen LogP) is 4.83. The van der Waals surface area contributed by atoms with Gasteiger partial charge in [0.05, 0.1) is 0 Å².